The van der Waals surface area contributed by atoms with Crippen molar-refractivity contribution in [2.24, 2.45) is 0 Å². The van der Waals surface area contributed by atoms with Gasteiger partial charge in [-0.3, -0.25) is 6.08 Å². The van der Waals surface area contributed by atoms with Gasteiger partial charge in [0.05, 0.1) is 0 Å². The molecule has 0 bridgehead atoms. The van der Waals surface area contributed by atoms with Gasteiger partial charge in [0.15, 0.2) is 0 Å². The summed E-state index contributed by atoms with van der Waals surface area (Å²) in [6.45, 7) is 6.09. The molecule has 2 fully saturated rings. The van der Waals surface area contributed by atoms with E-state index in [2.05, 4.69) is 19.9 Å². The van der Waals surface area contributed by atoms with Crippen molar-refractivity contribution < 1.29 is 26.2 Å². The predicted octanol–water partition coefficient (Wildman–Crippen LogP) is 6.17. The first kappa shape index (κ1) is 26.5. The second-order valence-corrected chi connectivity index (χ2v) is 5.37. The Labute approximate surface area is 172 Å². The second kappa shape index (κ2) is 21.3. The molecule has 1 nitrogen and oxygen atoms in total. The van der Waals surface area contributed by atoms with Crippen LogP contribution in [0.1, 0.15) is 59.3 Å². The van der Waals surface area contributed by atoms with E-state index in [-0.39, 0.29) is 26.2 Å². The van der Waals surface area contributed by atoms with Crippen molar-refractivity contribution in [1.82, 2.24) is 0 Å². The molecular weight excluding hydrogens is 369 g/mol. The number of nitrogens with zero attached hydrogens (tertiary/aromatic N) is 1. The summed E-state index contributed by atoms with van der Waals surface area (Å²) in [5.41, 5.74) is 1.47. The van der Waals surface area contributed by atoms with Gasteiger partial charge in [0, 0.05) is 0 Å². The zero-order valence-corrected chi connectivity index (χ0v) is 17.9. The van der Waals surface area contributed by atoms with E-state index in [9.17, 15) is 5.41 Å². The number of hydrogen-bond donors (Lipinski definition) is 0. The molecule has 2 saturated carbocycles. The van der Waals surface area contributed by atoms with Crippen molar-refractivity contribution in [3.05, 3.63) is 81.3 Å². The van der Waals surface area contributed by atoms with Crippen LogP contribution in [-0.2, 0) is 26.2 Å². The van der Waals surface area contributed by atoms with Crippen molar-refractivity contribution in [2.45, 2.75) is 59.3 Å². The minimum Gasteiger partial charge on any atom is -0.908 e. The summed E-state index contributed by atoms with van der Waals surface area (Å²) in [4.78, 5) is 0. The second-order valence-electron chi connectivity index (χ2n) is 5.37. The van der Waals surface area contributed by atoms with Crippen LogP contribution < -0.4 is 0 Å². The Balaban J connectivity index is 0. The van der Waals surface area contributed by atoms with E-state index in [1.165, 1.54) is 19.3 Å². The predicted molar refractivity (Wildman–Crippen MR) is 103 cm³/mol. The van der Waals surface area contributed by atoms with Crippen LogP contribution in [0.15, 0.2) is 5.57 Å². The number of rotatable bonds is 7. The van der Waals surface area contributed by atoms with Gasteiger partial charge in [0.25, 0.3) is 0 Å². The molecule has 0 amide bonds. The Hall–Kier alpha value is 0.293. The summed E-state index contributed by atoms with van der Waals surface area (Å²) in [7, 11) is 0. The maximum atomic E-state index is 9.36. The van der Waals surface area contributed by atoms with Gasteiger partial charge in [-0.25, -0.2) is 5.57 Å². The van der Waals surface area contributed by atoms with Gasteiger partial charge < -0.3 is 11.1 Å². The van der Waals surface area contributed by atoms with Crippen LogP contribution in [0.25, 0.3) is 5.41 Å². The van der Waals surface area contributed by atoms with Crippen molar-refractivity contribution in [3.63, 3.8) is 0 Å². The average molecular weight is 401 g/mol. The minimum atomic E-state index is 0. The van der Waals surface area contributed by atoms with Gasteiger partial charge in [-0.05, 0) is 64.2 Å². The summed E-state index contributed by atoms with van der Waals surface area (Å²) in [6, 6.07) is 0. The van der Waals surface area contributed by atoms with Crippen molar-refractivity contribution in [1.29, 1.82) is 0 Å². The summed E-state index contributed by atoms with van der Waals surface area (Å²) < 4.78 is 0. The van der Waals surface area contributed by atoms with Crippen molar-refractivity contribution in [3.8, 4) is 0 Å². The molecule has 2 heteroatoms. The standard InChI is InChI=1S/C12H21N.2C5H5.Zr/c1-4-6-8-10-12(11(3)13)9-7-5-2;2*1-2-4-5-3-1;/h4-9H2,1-3H3;2*1-5H;/q-2;;;+2. The van der Waals surface area contributed by atoms with Crippen LogP contribution in [0.4, 0.5) is 0 Å². The maximum Gasteiger partial charge on any atom is 2.00 e. The molecule has 0 heterocycles. The molecule has 10 radical (unpaired) electrons. The van der Waals surface area contributed by atoms with Gasteiger partial charge in [-0.2, -0.15) is 0 Å². The molecule has 2 rings (SSSR count). The van der Waals surface area contributed by atoms with Crippen LogP contribution in [0.5, 0.6) is 0 Å². The molecule has 0 N–H and O–H groups in total. The van der Waals surface area contributed by atoms with E-state index in [1.54, 1.807) is 6.92 Å². The molecule has 0 aromatic heterocycles. The Morgan fingerprint density at radius 1 is 0.750 bits per heavy atom. The van der Waals surface area contributed by atoms with Crippen LogP contribution >= 0.6 is 0 Å². The molecule has 0 aromatic rings. The Kier molecular flexibility index (Phi) is 23.6. The van der Waals surface area contributed by atoms with Crippen molar-refractivity contribution in [2.75, 3.05) is 0 Å². The van der Waals surface area contributed by atoms with Crippen LogP contribution in [-0.4, -0.2) is 5.71 Å². The molecule has 0 spiro atoms. The fraction of sp³-hybridized carbons (Fsp3) is 0.409. The zero-order valence-electron chi connectivity index (χ0n) is 15.5. The molecule has 0 aliphatic heterocycles. The molecule has 128 valence electrons. The van der Waals surface area contributed by atoms with Crippen molar-refractivity contribution >= 4 is 5.71 Å². The molecule has 0 saturated heterocycles. The molecule has 2 aliphatic rings. The molecule has 0 unspecified atom stereocenters. The molecule has 0 atom stereocenters. The Morgan fingerprint density at radius 2 is 1.12 bits per heavy atom. The topological polar surface area (TPSA) is 22.3 Å². The molecule has 24 heavy (non-hydrogen) atoms. The Bertz CT molecular complexity index is 263. The van der Waals surface area contributed by atoms with Crippen LogP contribution in [0.2, 0.25) is 0 Å². The minimum absolute atomic E-state index is 0. The van der Waals surface area contributed by atoms with E-state index in [1.807, 2.05) is 64.2 Å². The molecular formula is C22H31NZr. The van der Waals surface area contributed by atoms with E-state index < -0.39 is 0 Å². The SMILES string of the molecule is CCCC[C-]=C(CCCC)C(C)=[N-].[CH]1[CH][CH][CH][CH]1.[CH]1[CH][CH][CH][CH]1.[Zr+2]. The summed E-state index contributed by atoms with van der Waals surface area (Å²) in [5, 5.41) is 9.36. The third-order valence-electron chi connectivity index (χ3n) is 3.20. The van der Waals surface area contributed by atoms with Crippen LogP contribution in [0.3, 0.4) is 0 Å². The third kappa shape index (κ3) is 18.6. The first-order chi connectivity index (χ1) is 11.2. The molecule has 2 aliphatic carbocycles. The van der Waals surface area contributed by atoms with E-state index in [0.29, 0.717) is 5.71 Å². The zero-order chi connectivity index (χ0) is 17.2. The van der Waals surface area contributed by atoms with E-state index >= 15 is 0 Å². The van der Waals surface area contributed by atoms with Gasteiger partial charge in [0.1, 0.15) is 0 Å². The first-order valence-corrected chi connectivity index (χ1v) is 8.68. The quantitative estimate of drug-likeness (QED) is 0.277. The van der Waals surface area contributed by atoms with E-state index in [4.69, 9.17) is 0 Å². The number of hydrogen-bond acceptors (Lipinski definition) is 0. The van der Waals surface area contributed by atoms with Gasteiger partial charge in [-0.1, -0.05) is 46.0 Å². The summed E-state index contributed by atoms with van der Waals surface area (Å²) in [6.07, 6.45) is 29.9. The monoisotopic (exact) mass is 399 g/mol. The summed E-state index contributed by atoms with van der Waals surface area (Å²) in [5.74, 6) is 0. The van der Waals surface area contributed by atoms with E-state index in [0.717, 1.165) is 24.8 Å². The third-order valence-corrected chi connectivity index (χ3v) is 3.20. The smallest absolute Gasteiger partial charge is 0.908 e. The summed E-state index contributed by atoms with van der Waals surface area (Å²) >= 11 is 0. The first-order valence-electron chi connectivity index (χ1n) is 8.68. The number of allylic oxidation sites excluding steroid dienone is 2. The fourth-order valence-electron chi connectivity index (χ4n) is 1.81. The average Bonchev–Trinajstić information content (AvgIpc) is 3.29. The normalized spacial score (nSPS) is 16.4. The fourth-order valence-corrected chi connectivity index (χ4v) is 1.81. The van der Waals surface area contributed by atoms with Gasteiger partial charge in [0.2, 0.25) is 0 Å². The maximum absolute atomic E-state index is 9.36. The van der Waals surface area contributed by atoms with Gasteiger partial charge in [-0.15, -0.1) is 13.3 Å². The largest absolute Gasteiger partial charge is 2.00 e. The number of unbranched alkanes of at least 4 members (excludes halogenated alkanes) is 3. The molecule has 0 aromatic carbocycles. The van der Waals surface area contributed by atoms with Crippen LogP contribution in [0, 0.1) is 70.3 Å². The Morgan fingerprint density at radius 3 is 1.42 bits per heavy atom. The van der Waals surface area contributed by atoms with Gasteiger partial charge >= 0.3 is 26.2 Å².